The summed E-state index contributed by atoms with van der Waals surface area (Å²) < 4.78 is 6.19. The van der Waals surface area contributed by atoms with Crippen molar-refractivity contribution in [2.24, 2.45) is 5.92 Å². The van der Waals surface area contributed by atoms with E-state index in [-0.39, 0.29) is 11.7 Å². The average Bonchev–Trinajstić information content (AvgIpc) is 2.29. The van der Waals surface area contributed by atoms with Crippen molar-refractivity contribution in [1.29, 1.82) is 0 Å². The Hall–Kier alpha value is -1.08. The van der Waals surface area contributed by atoms with Crippen LogP contribution in [0, 0.1) is 5.92 Å². The molecule has 0 radical (unpaired) electrons. The summed E-state index contributed by atoms with van der Waals surface area (Å²) in [7, 11) is 0. The molecule has 0 N–H and O–H groups in total. The van der Waals surface area contributed by atoms with E-state index in [1.54, 1.807) is 0 Å². The SMILES string of the molecule is C=C[C@@H]1CC[C@H](c2ccccc2)OC1(C)C. The fraction of sp³-hybridized carbons (Fsp3) is 0.467. The molecule has 0 spiro atoms. The van der Waals surface area contributed by atoms with Crippen molar-refractivity contribution < 1.29 is 4.74 Å². The van der Waals surface area contributed by atoms with Gasteiger partial charge < -0.3 is 4.74 Å². The molecule has 0 aliphatic carbocycles. The summed E-state index contributed by atoms with van der Waals surface area (Å²) in [6, 6.07) is 10.5. The zero-order valence-corrected chi connectivity index (χ0v) is 10.1. The van der Waals surface area contributed by atoms with Crippen LogP contribution in [-0.2, 0) is 4.74 Å². The zero-order chi connectivity index (χ0) is 11.6. The Morgan fingerprint density at radius 1 is 1.25 bits per heavy atom. The minimum absolute atomic E-state index is 0.0967. The van der Waals surface area contributed by atoms with E-state index in [0.717, 1.165) is 12.8 Å². The lowest BCUT2D eigenvalue weighted by Gasteiger charge is -2.41. The molecule has 1 fully saturated rings. The Balaban J connectivity index is 2.14. The molecule has 1 nitrogen and oxygen atoms in total. The lowest BCUT2D eigenvalue weighted by molar-refractivity contribution is -0.131. The van der Waals surface area contributed by atoms with E-state index in [1.165, 1.54) is 5.56 Å². The zero-order valence-electron chi connectivity index (χ0n) is 10.1. The van der Waals surface area contributed by atoms with Crippen LogP contribution in [-0.4, -0.2) is 5.60 Å². The van der Waals surface area contributed by atoms with Crippen LogP contribution >= 0.6 is 0 Å². The third-order valence-electron chi connectivity index (χ3n) is 3.53. The fourth-order valence-corrected chi connectivity index (χ4v) is 2.50. The lowest BCUT2D eigenvalue weighted by atomic mass is 9.82. The summed E-state index contributed by atoms with van der Waals surface area (Å²) >= 11 is 0. The van der Waals surface area contributed by atoms with E-state index in [1.807, 2.05) is 12.1 Å². The maximum atomic E-state index is 6.19. The summed E-state index contributed by atoms with van der Waals surface area (Å²) in [5.74, 6) is 0.465. The third kappa shape index (κ3) is 2.19. The van der Waals surface area contributed by atoms with E-state index < -0.39 is 0 Å². The van der Waals surface area contributed by atoms with Crippen LogP contribution in [0.25, 0.3) is 0 Å². The van der Waals surface area contributed by atoms with E-state index in [2.05, 4.69) is 44.7 Å². The van der Waals surface area contributed by atoms with Crippen LogP contribution < -0.4 is 0 Å². The normalized spacial score (nSPS) is 28.6. The Bertz CT molecular complexity index is 353. The number of benzene rings is 1. The highest BCUT2D eigenvalue weighted by Crippen LogP contribution is 2.40. The first kappa shape index (κ1) is 11.4. The topological polar surface area (TPSA) is 9.23 Å². The highest BCUT2D eigenvalue weighted by atomic mass is 16.5. The maximum absolute atomic E-state index is 6.19. The van der Waals surface area contributed by atoms with Crippen molar-refractivity contribution in [2.45, 2.75) is 38.4 Å². The third-order valence-corrected chi connectivity index (χ3v) is 3.53. The molecule has 1 saturated heterocycles. The Kier molecular flexibility index (Phi) is 3.15. The van der Waals surface area contributed by atoms with Gasteiger partial charge in [-0.15, -0.1) is 6.58 Å². The minimum Gasteiger partial charge on any atom is -0.367 e. The van der Waals surface area contributed by atoms with Crippen molar-refractivity contribution in [3.63, 3.8) is 0 Å². The predicted octanol–water partition coefficient (Wildman–Crippen LogP) is 4.12. The highest BCUT2D eigenvalue weighted by Gasteiger charge is 2.36. The van der Waals surface area contributed by atoms with Crippen molar-refractivity contribution in [1.82, 2.24) is 0 Å². The van der Waals surface area contributed by atoms with Crippen LogP contribution in [0.15, 0.2) is 43.0 Å². The van der Waals surface area contributed by atoms with Gasteiger partial charge in [-0.05, 0) is 32.3 Å². The van der Waals surface area contributed by atoms with Gasteiger partial charge in [-0.1, -0.05) is 36.4 Å². The average molecular weight is 216 g/mol. The molecule has 0 saturated carbocycles. The molecule has 1 aliphatic rings. The summed E-state index contributed by atoms with van der Waals surface area (Å²) in [5, 5.41) is 0. The molecule has 1 aromatic rings. The van der Waals surface area contributed by atoms with Crippen LogP contribution in [0.4, 0.5) is 0 Å². The molecule has 1 heteroatoms. The van der Waals surface area contributed by atoms with E-state index in [9.17, 15) is 0 Å². The second kappa shape index (κ2) is 4.42. The van der Waals surface area contributed by atoms with Crippen LogP contribution in [0.3, 0.4) is 0 Å². The summed E-state index contributed by atoms with van der Waals surface area (Å²) in [6.07, 6.45) is 4.52. The standard InChI is InChI=1S/C15H20O/c1-4-13-10-11-14(16-15(13,2)3)12-8-6-5-7-9-12/h4-9,13-14H,1,10-11H2,2-3H3/t13-,14-/m1/s1. The highest BCUT2D eigenvalue weighted by molar-refractivity contribution is 5.18. The number of ether oxygens (including phenoxy) is 1. The second-order valence-corrected chi connectivity index (χ2v) is 5.04. The Labute approximate surface area is 98.1 Å². The molecular weight excluding hydrogens is 196 g/mol. The number of rotatable bonds is 2. The first-order chi connectivity index (χ1) is 7.63. The molecule has 2 rings (SSSR count). The number of hydrogen-bond donors (Lipinski definition) is 0. The van der Waals surface area contributed by atoms with Gasteiger partial charge in [-0.25, -0.2) is 0 Å². The summed E-state index contributed by atoms with van der Waals surface area (Å²) in [6.45, 7) is 8.22. The van der Waals surface area contributed by atoms with Gasteiger partial charge in [0.2, 0.25) is 0 Å². The van der Waals surface area contributed by atoms with Crippen molar-refractivity contribution in [3.05, 3.63) is 48.6 Å². The predicted molar refractivity (Wildman–Crippen MR) is 67.3 cm³/mol. The molecule has 1 aromatic carbocycles. The van der Waals surface area contributed by atoms with Gasteiger partial charge in [-0.3, -0.25) is 0 Å². The van der Waals surface area contributed by atoms with Crippen LogP contribution in [0.1, 0.15) is 38.4 Å². The van der Waals surface area contributed by atoms with Crippen LogP contribution in [0.5, 0.6) is 0 Å². The van der Waals surface area contributed by atoms with E-state index >= 15 is 0 Å². The van der Waals surface area contributed by atoms with Gasteiger partial charge in [-0.2, -0.15) is 0 Å². The second-order valence-electron chi connectivity index (χ2n) is 5.04. The van der Waals surface area contributed by atoms with Gasteiger partial charge >= 0.3 is 0 Å². The van der Waals surface area contributed by atoms with Crippen molar-refractivity contribution in [2.75, 3.05) is 0 Å². The first-order valence-corrected chi connectivity index (χ1v) is 5.99. The summed E-state index contributed by atoms with van der Waals surface area (Å²) in [5.41, 5.74) is 1.19. The largest absolute Gasteiger partial charge is 0.367 e. The van der Waals surface area contributed by atoms with Gasteiger partial charge in [0.1, 0.15) is 0 Å². The van der Waals surface area contributed by atoms with Gasteiger partial charge in [0.15, 0.2) is 0 Å². The number of hydrogen-bond acceptors (Lipinski definition) is 1. The summed E-state index contributed by atoms with van der Waals surface area (Å²) in [4.78, 5) is 0. The Morgan fingerprint density at radius 3 is 2.50 bits per heavy atom. The quantitative estimate of drug-likeness (QED) is 0.676. The van der Waals surface area contributed by atoms with Gasteiger partial charge in [0.05, 0.1) is 11.7 Å². The monoisotopic (exact) mass is 216 g/mol. The molecule has 0 bridgehead atoms. The molecule has 0 aromatic heterocycles. The van der Waals surface area contributed by atoms with Crippen molar-refractivity contribution in [3.8, 4) is 0 Å². The Morgan fingerprint density at radius 2 is 1.94 bits per heavy atom. The molecule has 0 unspecified atom stereocenters. The minimum atomic E-state index is -0.0967. The molecule has 16 heavy (non-hydrogen) atoms. The molecule has 1 aliphatic heterocycles. The lowest BCUT2D eigenvalue weighted by Crippen LogP contribution is -2.39. The molecule has 0 amide bonds. The van der Waals surface area contributed by atoms with Crippen LogP contribution in [0.2, 0.25) is 0 Å². The molecule has 86 valence electrons. The first-order valence-electron chi connectivity index (χ1n) is 5.99. The van der Waals surface area contributed by atoms with Gasteiger partial charge in [0, 0.05) is 5.92 Å². The maximum Gasteiger partial charge on any atom is 0.0832 e. The van der Waals surface area contributed by atoms with E-state index in [4.69, 9.17) is 4.74 Å². The van der Waals surface area contributed by atoms with Crippen molar-refractivity contribution >= 4 is 0 Å². The molecule has 1 heterocycles. The van der Waals surface area contributed by atoms with E-state index in [0.29, 0.717) is 5.92 Å². The molecular formula is C15H20O. The fourth-order valence-electron chi connectivity index (χ4n) is 2.50. The smallest absolute Gasteiger partial charge is 0.0832 e. The van der Waals surface area contributed by atoms with Gasteiger partial charge in [0.25, 0.3) is 0 Å². The molecule has 2 atom stereocenters.